The summed E-state index contributed by atoms with van der Waals surface area (Å²) < 4.78 is 5.71. The number of nitrogens with one attached hydrogen (secondary N) is 1. The summed E-state index contributed by atoms with van der Waals surface area (Å²) in [6.45, 7) is 3.41. The van der Waals surface area contributed by atoms with Crippen molar-refractivity contribution in [2.24, 2.45) is 0 Å². The number of hydrogen-bond acceptors (Lipinski definition) is 3. The number of hydrogen-bond donors (Lipinski definition) is 2. The van der Waals surface area contributed by atoms with E-state index in [0.717, 1.165) is 30.7 Å². The van der Waals surface area contributed by atoms with Crippen molar-refractivity contribution in [1.29, 1.82) is 0 Å². The van der Waals surface area contributed by atoms with Gasteiger partial charge < -0.3 is 15.2 Å². The SMILES string of the molecule is CCOc1cccc2c1CCC2NCc1ccc(C(=O)O)cc1. The lowest BCUT2D eigenvalue weighted by atomic mass is 10.1. The minimum atomic E-state index is -0.891. The molecule has 0 bridgehead atoms. The van der Waals surface area contributed by atoms with Crippen LogP contribution < -0.4 is 10.1 Å². The maximum Gasteiger partial charge on any atom is 0.335 e. The summed E-state index contributed by atoms with van der Waals surface area (Å²) in [4.78, 5) is 10.9. The summed E-state index contributed by atoms with van der Waals surface area (Å²) in [6.07, 6.45) is 2.09. The van der Waals surface area contributed by atoms with Crippen LogP contribution in [0.3, 0.4) is 0 Å². The molecule has 1 atom stereocenters. The highest BCUT2D eigenvalue weighted by molar-refractivity contribution is 5.87. The molecule has 0 aliphatic heterocycles. The molecule has 0 aromatic heterocycles. The van der Waals surface area contributed by atoms with E-state index < -0.39 is 5.97 Å². The molecular formula is C19H21NO3. The van der Waals surface area contributed by atoms with E-state index in [2.05, 4.69) is 11.4 Å². The van der Waals surface area contributed by atoms with E-state index in [9.17, 15) is 4.79 Å². The Hall–Kier alpha value is -2.33. The lowest BCUT2D eigenvalue weighted by molar-refractivity contribution is 0.0697. The van der Waals surface area contributed by atoms with Gasteiger partial charge >= 0.3 is 5.97 Å². The topological polar surface area (TPSA) is 58.6 Å². The van der Waals surface area contributed by atoms with Gasteiger partial charge in [-0.15, -0.1) is 0 Å². The van der Waals surface area contributed by atoms with E-state index in [4.69, 9.17) is 9.84 Å². The lowest BCUT2D eigenvalue weighted by Gasteiger charge is -2.15. The van der Waals surface area contributed by atoms with Crippen LogP contribution in [0.4, 0.5) is 0 Å². The number of carbonyl (C=O) groups is 1. The van der Waals surface area contributed by atoms with Crippen molar-refractivity contribution in [3.05, 3.63) is 64.7 Å². The van der Waals surface area contributed by atoms with Crippen molar-refractivity contribution in [3.8, 4) is 5.75 Å². The Bertz CT molecular complexity index is 694. The van der Waals surface area contributed by atoms with Crippen molar-refractivity contribution in [1.82, 2.24) is 5.32 Å². The van der Waals surface area contributed by atoms with Gasteiger partial charge in [-0.1, -0.05) is 24.3 Å². The first kappa shape index (κ1) is 15.6. The smallest absolute Gasteiger partial charge is 0.335 e. The molecule has 0 saturated carbocycles. The minimum Gasteiger partial charge on any atom is -0.494 e. The van der Waals surface area contributed by atoms with Crippen LogP contribution in [0.15, 0.2) is 42.5 Å². The quantitative estimate of drug-likeness (QED) is 0.856. The minimum absolute atomic E-state index is 0.321. The first-order valence-corrected chi connectivity index (χ1v) is 7.99. The molecule has 1 aliphatic rings. The van der Waals surface area contributed by atoms with Crippen molar-refractivity contribution in [2.45, 2.75) is 32.4 Å². The zero-order chi connectivity index (χ0) is 16.2. The fourth-order valence-corrected chi connectivity index (χ4v) is 3.13. The second-order valence-electron chi connectivity index (χ2n) is 5.73. The average Bonchev–Trinajstić information content (AvgIpc) is 2.98. The second-order valence-corrected chi connectivity index (χ2v) is 5.73. The molecule has 0 spiro atoms. The monoisotopic (exact) mass is 311 g/mol. The van der Waals surface area contributed by atoms with Crippen LogP contribution in [0, 0.1) is 0 Å². The maximum atomic E-state index is 10.9. The molecule has 0 heterocycles. The number of rotatable bonds is 6. The molecule has 2 aromatic carbocycles. The van der Waals surface area contributed by atoms with E-state index in [1.165, 1.54) is 11.1 Å². The van der Waals surface area contributed by atoms with Crippen LogP contribution in [-0.4, -0.2) is 17.7 Å². The Morgan fingerprint density at radius 2 is 2.04 bits per heavy atom. The number of fused-ring (bicyclic) bond motifs is 1. The highest BCUT2D eigenvalue weighted by Gasteiger charge is 2.24. The third kappa shape index (κ3) is 3.37. The number of benzene rings is 2. The summed E-state index contributed by atoms with van der Waals surface area (Å²) in [7, 11) is 0. The summed E-state index contributed by atoms with van der Waals surface area (Å²) in [5.41, 5.74) is 4.04. The van der Waals surface area contributed by atoms with E-state index in [1.807, 2.05) is 31.2 Å². The third-order valence-electron chi connectivity index (χ3n) is 4.28. The van der Waals surface area contributed by atoms with Gasteiger partial charge in [-0.05, 0) is 54.7 Å². The Labute approximate surface area is 136 Å². The lowest BCUT2D eigenvalue weighted by Crippen LogP contribution is -2.18. The van der Waals surface area contributed by atoms with Crippen molar-refractivity contribution in [3.63, 3.8) is 0 Å². The molecule has 0 amide bonds. The van der Waals surface area contributed by atoms with Gasteiger partial charge in [0.2, 0.25) is 0 Å². The van der Waals surface area contributed by atoms with Crippen LogP contribution in [0.1, 0.15) is 46.4 Å². The molecule has 120 valence electrons. The maximum absolute atomic E-state index is 10.9. The van der Waals surface area contributed by atoms with Crippen LogP contribution in [0.25, 0.3) is 0 Å². The highest BCUT2D eigenvalue weighted by atomic mass is 16.5. The highest BCUT2D eigenvalue weighted by Crippen LogP contribution is 2.37. The predicted octanol–water partition coefficient (Wildman–Crippen LogP) is 3.56. The van der Waals surface area contributed by atoms with Crippen LogP contribution in [0.5, 0.6) is 5.75 Å². The van der Waals surface area contributed by atoms with Gasteiger partial charge in [0.1, 0.15) is 5.75 Å². The molecule has 1 aliphatic carbocycles. The number of aromatic carboxylic acids is 1. The van der Waals surface area contributed by atoms with Gasteiger partial charge in [0.15, 0.2) is 0 Å². The van der Waals surface area contributed by atoms with Crippen molar-refractivity contribution >= 4 is 5.97 Å². The Morgan fingerprint density at radius 1 is 1.26 bits per heavy atom. The Morgan fingerprint density at radius 3 is 2.74 bits per heavy atom. The van der Waals surface area contributed by atoms with E-state index in [1.54, 1.807) is 12.1 Å². The molecular weight excluding hydrogens is 290 g/mol. The van der Waals surface area contributed by atoms with Gasteiger partial charge in [-0.25, -0.2) is 4.79 Å². The first-order chi connectivity index (χ1) is 11.2. The molecule has 1 unspecified atom stereocenters. The van der Waals surface area contributed by atoms with Gasteiger partial charge in [-0.3, -0.25) is 0 Å². The van der Waals surface area contributed by atoms with Crippen LogP contribution >= 0.6 is 0 Å². The molecule has 0 radical (unpaired) electrons. The molecule has 23 heavy (non-hydrogen) atoms. The zero-order valence-electron chi connectivity index (χ0n) is 13.2. The van der Waals surface area contributed by atoms with Crippen molar-refractivity contribution in [2.75, 3.05) is 6.61 Å². The number of carboxylic acid groups (broad SMARTS) is 1. The van der Waals surface area contributed by atoms with E-state index in [-0.39, 0.29) is 0 Å². The molecule has 3 rings (SSSR count). The predicted molar refractivity (Wildman–Crippen MR) is 88.9 cm³/mol. The van der Waals surface area contributed by atoms with E-state index in [0.29, 0.717) is 18.2 Å². The normalized spacial score (nSPS) is 16.1. The summed E-state index contributed by atoms with van der Waals surface area (Å²) in [5, 5.41) is 12.5. The van der Waals surface area contributed by atoms with Gasteiger partial charge in [0, 0.05) is 12.6 Å². The van der Waals surface area contributed by atoms with Gasteiger partial charge in [0.05, 0.1) is 12.2 Å². The summed E-state index contributed by atoms with van der Waals surface area (Å²) in [6, 6.07) is 13.6. The second kappa shape index (κ2) is 6.84. The molecule has 4 heteroatoms. The fourth-order valence-electron chi connectivity index (χ4n) is 3.13. The molecule has 2 aromatic rings. The standard InChI is InChI=1S/C19H21NO3/c1-2-23-18-5-3-4-15-16(18)10-11-17(15)20-12-13-6-8-14(9-7-13)19(21)22/h3-9,17,20H,2,10-12H2,1H3,(H,21,22). The van der Waals surface area contributed by atoms with E-state index >= 15 is 0 Å². The first-order valence-electron chi connectivity index (χ1n) is 7.99. The van der Waals surface area contributed by atoms with Crippen LogP contribution in [-0.2, 0) is 13.0 Å². The van der Waals surface area contributed by atoms with Crippen molar-refractivity contribution < 1.29 is 14.6 Å². The fraction of sp³-hybridized carbons (Fsp3) is 0.316. The third-order valence-corrected chi connectivity index (χ3v) is 4.28. The average molecular weight is 311 g/mol. The Balaban J connectivity index is 1.67. The zero-order valence-corrected chi connectivity index (χ0v) is 13.2. The largest absolute Gasteiger partial charge is 0.494 e. The molecule has 0 saturated heterocycles. The molecule has 2 N–H and O–H groups in total. The summed E-state index contributed by atoms with van der Waals surface area (Å²) >= 11 is 0. The molecule has 4 nitrogen and oxygen atoms in total. The Kier molecular flexibility index (Phi) is 4.63. The summed E-state index contributed by atoms with van der Waals surface area (Å²) in [5.74, 6) is 0.109. The molecule has 0 fully saturated rings. The number of carboxylic acids is 1. The van der Waals surface area contributed by atoms with Crippen LogP contribution in [0.2, 0.25) is 0 Å². The van der Waals surface area contributed by atoms with Gasteiger partial charge in [-0.2, -0.15) is 0 Å². The van der Waals surface area contributed by atoms with Gasteiger partial charge in [0.25, 0.3) is 0 Å². The number of ether oxygens (including phenoxy) is 1.